The summed E-state index contributed by atoms with van der Waals surface area (Å²) in [6, 6.07) is 26.5. The van der Waals surface area contributed by atoms with E-state index >= 15 is 0 Å². The third kappa shape index (κ3) is 6.35. The van der Waals surface area contributed by atoms with Crippen molar-refractivity contribution in [1.82, 2.24) is 0 Å². The average Bonchev–Trinajstić information content (AvgIpc) is 2.87. The molecule has 0 radical (unpaired) electrons. The van der Waals surface area contributed by atoms with Crippen LogP contribution in [0.1, 0.15) is 5.56 Å². The molecule has 0 aromatic heterocycles. The van der Waals surface area contributed by atoms with Gasteiger partial charge >= 0.3 is 12.2 Å². The second-order valence-corrected chi connectivity index (χ2v) is 10.3. The van der Waals surface area contributed by atoms with E-state index in [4.69, 9.17) is 14.2 Å². The lowest BCUT2D eigenvalue weighted by Crippen LogP contribution is -2.39. The number of anilines is 1. The first kappa shape index (κ1) is 25.9. The predicted molar refractivity (Wildman–Crippen MR) is 141 cm³/mol. The number of carbonyl (C=O) groups excluding carboxylic acids is 2. The molecule has 0 aliphatic rings. The fourth-order valence-corrected chi connectivity index (χ4v) is 4.95. The molecular formula is C27H20BrNO7S. The van der Waals surface area contributed by atoms with Crippen LogP contribution in [0.15, 0.2) is 112 Å². The number of carbonyl (C=O) groups is 2. The van der Waals surface area contributed by atoms with Gasteiger partial charge in [-0.05, 0) is 77.5 Å². The van der Waals surface area contributed by atoms with Crippen LogP contribution in [0.2, 0.25) is 0 Å². The van der Waals surface area contributed by atoms with Gasteiger partial charge in [0.15, 0.2) is 0 Å². The molecular weight excluding hydrogens is 562 g/mol. The first-order chi connectivity index (χ1) is 17.7. The van der Waals surface area contributed by atoms with E-state index in [0.717, 1.165) is 5.56 Å². The number of hydrogen-bond acceptors (Lipinski definition) is 7. The van der Waals surface area contributed by atoms with Crippen LogP contribution < -0.4 is 18.5 Å². The van der Waals surface area contributed by atoms with Gasteiger partial charge in [0.05, 0.1) is 15.1 Å². The zero-order valence-corrected chi connectivity index (χ0v) is 21.8. The number of benzene rings is 4. The summed E-state index contributed by atoms with van der Waals surface area (Å²) >= 11 is 3.27. The first-order valence-corrected chi connectivity index (χ1v) is 13.1. The summed E-state index contributed by atoms with van der Waals surface area (Å²) in [6.07, 6.45) is -2.14. The molecule has 4 aromatic carbocycles. The number of para-hydroxylation sites is 2. The fourth-order valence-electron chi connectivity index (χ4n) is 3.18. The lowest BCUT2D eigenvalue weighted by atomic mass is 10.2. The van der Waals surface area contributed by atoms with Gasteiger partial charge in [0.25, 0.3) is 10.0 Å². The van der Waals surface area contributed by atoms with Gasteiger partial charge in [-0.2, -0.15) is 4.31 Å². The summed E-state index contributed by atoms with van der Waals surface area (Å²) in [5.41, 5.74) is 0.807. The summed E-state index contributed by atoms with van der Waals surface area (Å²) in [6.45, 7) is 1.82. The second kappa shape index (κ2) is 11.3. The van der Waals surface area contributed by atoms with Gasteiger partial charge in [-0.1, -0.05) is 54.1 Å². The molecule has 0 spiro atoms. The highest BCUT2D eigenvalue weighted by Gasteiger charge is 2.33. The van der Waals surface area contributed by atoms with E-state index in [1.54, 1.807) is 60.7 Å². The van der Waals surface area contributed by atoms with Crippen molar-refractivity contribution in [1.29, 1.82) is 0 Å². The maximum atomic E-state index is 13.6. The topological polar surface area (TPSA) is 99.2 Å². The Morgan fingerprint density at radius 2 is 1.30 bits per heavy atom. The molecule has 0 aliphatic carbocycles. The van der Waals surface area contributed by atoms with Crippen molar-refractivity contribution in [3.05, 3.63) is 113 Å². The van der Waals surface area contributed by atoms with Crippen LogP contribution in [0.3, 0.4) is 0 Å². The molecule has 4 rings (SSSR count). The van der Waals surface area contributed by atoms with E-state index in [1.807, 2.05) is 6.92 Å². The molecule has 1 amide bonds. The quantitative estimate of drug-likeness (QED) is 0.184. The van der Waals surface area contributed by atoms with E-state index < -0.39 is 22.3 Å². The van der Waals surface area contributed by atoms with Crippen LogP contribution in [0.4, 0.5) is 15.3 Å². The summed E-state index contributed by atoms with van der Waals surface area (Å²) in [5.74, 6) is 0.507. The molecule has 0 unspecified atom stereocenters. The van der Waals surface area contributed by atoms with Crippen LogP contribution in [-0.4, -0.2) is 20.7 Å². The van der Waals surface area contributed by atoms with E-state index in [2.05, 4.69) is 15.9 Å². The van der Waals surface area contributed by atoms with Gasteiger partial charge in [-0.3, -0.25) is 0 Å². The second-order valence-electron chi connectivity index (χ2n) is 7.65. The molecule has 0 N–H and O–H groups in total. The third-order valence-electron chi connectivity index (χ3n) is 4.96. The van der Waals surface area contributed by atoms with Gasteiger partial charge in [0, 0.05) is 0 Å². The van der Waals surface area contributed by atoms with Crippen molar-refractivity contribution in [2.24, 2.45) is 0 Å². The Labute approximate surface area is 222 Å². The average molecular weight is 582 g/mol. The molecule has 0 saturated carbocycles. The molecule has 0 bridgehead atoms. The van der Waals surface area contributed by atoms with Crippen LogP contribution in [0.5, 0.6) is 17.2 Å². The number of sulfonamides is 1. The number of nitrogens with zero attached hydrogens (tertiary/aromatic N) is 1. The molecule has 0 aliphatic heterocycles. The minimum atomic E-state index is -4.38. The molecule has 0 heterocycles. The Kier molecular flexibility index (Phi) is 7.90. The zero-order chi connectivity index (χ0) is 26.4. The number of amides is 1. The van der Waals surface area contributed by atoms with E-state index in [1.165, 1.54) is 42.5 Å². The third-order valence-corrected chi connectivity index (χ3v) is 7.29. The predicted octanol–water partition coefficient (Wildman–Crippen LogP) is 6.73. The van der Waals surface area contributed by atoms with E-state index in [0.29, 0.717) is 10.1 Å². The van der Waals surface area contributed by atoms with Crippen molar-refractivity contribution in [3.8, 4) is 17.2 Å². The molecule has 0 fully saturated rings. The Hall–Kier alpha value is -4.15. The van der Waals surface area contributed by atoms with Crippen molar-refractivity contribution in [2.75, 3.05) is 4.31 Å². The Morgan fingerprint density at radius 3 is 1.86 bits per heavy atom. The Bertz CT molecular complexity index is 1510. The summed E-state index contributed by atoms with van der Waals surface area (Å²) in [4.78, 5) is 25.3. The fraction of sp³-hybridized carbons (Fsp3) is 0.0370. The first-order valence-electron chi connectivity index (χ1n) is 10.9. The molecule has 4 aromatic rings. The summed E-state index contributed by atoms with van der Waals surface area (Å²) in [5, 5.41) is 0. The maximum Gasteiger partial charge on any atom is 0.519 e. The van der Waals surface area contributed by atoms with Crippen molar-refractivity contribution >= 4 is 43.9 Å². The minimum Gasteiger partial charge on any atom is -0.409 e. The maximum absolute atomic E-state index is 13.6. The number of aryl methyl sites for hydroxylation is 1. The van der Waals surface area contributed by atoms with Crippen molar-refractivity contribution < 1.29 is 32.2 Å². The van der Waals surface area contributed by atoms with Gasteiger partial charge < -0.3 is 14.2 Å². The van der Waals surface area contributed by atoms with Crippen molar-refractivity contribution in [2.45, 2.75) is 11.8 Å². The monoisotopic (exact) mass is 581 g/mol. The lowest BCUT2D eigenvalue weighted by Gasteiger charge is -2.22. The molecule has 0 atom stereocenters. The summed E-state index contributed by atoms with van der Waals surface area (Å²) < 4.78 is 43.6. The summed E-state index contributed by atoms with van der Waals surface area (Å²) in [7, 11) is -4.38. The van der Waals surface area contributed by atoms with Gasteiger partial charge in [0.2, 0.25) is 0 Å². The number of hydrogen-bond donors (Lipinski definition) is 0. The van der Waals surface area contributed by atoms with E-state index in [9.17, 15) is 18.0 Å². The molecule has 10 heteroatoms. The van der Waals surface area contributed by atoms with Crippen LogP contribution in [0.25, 0.3) is 0 Å². The lowest BCUT2D eigenvalue weighted by molar-refractivity contribution is 0.151. The highest BCUT2D eigenvalue weighted by atomic mass is 79.9. The number of ether oxygens (including phenoxy) is 3. The van der Waals surface area contributed by atoms with Crippen molar-refractivity contribution in [3.63, 3.8) is 0 Å². The molecule has 8 nitrogen and oxygen atoms in total. The zero-order valence-electron chi connectivity index (χ0n) is 19.4. The molecule has 188 valence electrons. The van der Waals surface area contributed by atoms with Gasteiger partial charge in [-0.25, -0.2) is 18.0 Å². The van der Waals surface area contributed by atoms with Crippen LogP contribution >= 0.6 is 15.9 Å². The molecule has 0 saturated heterocycles. The van der Waals surface area contributed by atoms with Gasteiger partial charge in [0.1, 0.15) is 17.2 Å². The highest BCUT2D eigenvalue weighted by Crippen LogP contribution is 2.33. The largest absolute Gasteiger partial charge is 0.519 e. The van der Waals surface area contributed by atoms with Gasteiger partial charge in [-0.15, -0.1) is 0 Å². The van der Waals surface area contributed by atoms with Crippen LogP contribution in [-0.2, 0) is 10.0 Å². The minimum absolute atomic E-state index is 0.0443. The smallest absolute Gasteiger partial charge is 0.409 e. The Balaban J connectivity index is 1.65. The Morgan fingerprint density at radius 1 is 0.730 bits per heavy atom. The number of rotatable bonds is 6. The van der Waals surface area contributed by atoms with E-state index in [-0.39, 0.29) is 26.6 Å². The standard InChI is InChI=1S/C27H20BrNO7S/c1-19-12-15-23(16-13-19)37(32,33)29(26(30)34-21-8-4-2-5-9-21)20-14-17-25(24(28)18-20)36-27(31)35-22-10-6-3-7-11-22/h2-18H,1H3. The number of halogens is 1. The molecule has 37 heavy (non-hydrogen) atoms. The van der Waals surface area contributed by atoms with Crippen LogP contribution in [0, 0.1) is 6.92 Å². The SMILES string of the molecule is Cc1ccc(S(=O)(=O)N(C(=O)Oc2ccccc2)c2ccc(OC(=O)Oc3ccccc3)c(Br)c2)cc1. The normalized spacial score (nSPS) is 10.9. The highest BCUT2D eigenvalue weighted by molar-refractivity contribution is 9.10.